The number of benzene rings is 1. The van der Waals surface area contributed by atoms with Crippen LogP contribution >= 0.6 is 0 Å². The lowest BCUT2D eigenvalue weighted by Gasteiger charge is -2.13. The number of hydrogen-bond acceptors (Lipinski definition) is 9. The van der Waals surface area contributed by atoms with Crippen LogP contribution in [0.3, 0.4) is 0 Å². The number of fused-ring (bicyclic) bond motifs is 1. The molecule has 1 heterocycles. The Labute approximate surface area is 184 Å². The van der Waals surface area contributed by atoms with Gasteiger partial charge in [0.2, 0.25) is 5.76 Å². The van der Waals surface area contributed by atoms with Crippen molar-refractivity contribution in [1.82, 2.24) is 4.57 Å². The van der Waals surface area contributed by atoms with Crippen LogP contribution in [0.4, 0.5) is 9.59 Å². The van der Waals surface area contributed by atoms with E-state index in [1.807, 2.05) is 0 Å². The maximum atomic E-state index is 12.9. The number of esters is 2. The van der Waals surface area contributed by atoms with Crippen molar-refractivity contribution in [2.75, 3.05) is 26.4 Å². The summed E-state index contributed by atoms with van der Waals surface area (Å²) in [6, 6.07) is 6.64. The largest absolute Gasteiger partial charge is 0.514 e. The second-order valence-corrected chi connectivity index (χ2v) is 6.06. The average Bonchev–Trinajstić information content (AvgIpc) is 3.13. The molecule has 172 valence electrons. The van der Waals surface area contributed by atoms with E-state index in [0.717, 1.165) is 0 Å². The highest BCUT2D eigenvalue weighted by Gasteiger charge is 2.32. The van der Waals surface area contributed by atoms with E-state index in [9.17, 15) is 19.2 Å². The molecule has 10 heteroatoms. The molecule has 0 unspecified atom stereocenters. The predicted molar refractivity (Wildman–Crippen MR) is 113 cm³/mol. The summed E-state index contributed by atoms with van der Waals surface area (Å²) < 4.78 is 26.2. The van der Waals surface area contributed by atoms with Gasteiger partial charge in [0, 0.05) is 17.1 Å². The molecule has 0 fully saturated rings. The van der Waals surface area contributed by atoms with Crippen molar-refractivity contribution in [3.05, 3.63) is 41.8 Å². The van der Waals surface area contributed by atoms with Crippen molar-refractivity contribution < 1.29 is 42.9 Å². The normalized spacial score (nSPS) is 11.4. The monoisotopic (exact) mass is 447 g/mol. The second-order valence-electron chi connectivity index (χ2n) is 6.06. The topological polar surface area (TPSA) is 119 Å². The molecule has 0 atom stereocenters. The Kier molecular flexibility index (Phi) is 8.82. The first-order valence-corrected chi connectivity index (χ1v) is 10.1. The van der Waals surface area contributed by atoms with Crippen molar-refractivity contribution in [3.63, 3.8) is 0 Å². The van der Waals surface area contributed by atoms with Crippen molar-refractivity contribution >= 4 is 40.7 Å². The van der Waals surface area contributed by atoms with Gasteiger partial charge in [-0.15, -0.1) is 0 Å². The molecule has 0 aliphatic carbocycles. The molecule has 0 saturated heterocycles. The molecule has 0 aliphatic rings. The van der Waals surface area contributed by atoms with E-state index in [1.54, 1.807) is 52.0 Å². The van der Waals surface area contributed by atoms with Crippen LogP contribution in [-0.4, -0.2) is 55.2 Å². The van der Waals surface area contributed by atoms with Crippen LogP contribution in [0.25, 0.3) is 16.5 Å². The number of carbonyl (C=O) groups is 4. The minimum Gasteiger partial charge on any atom is -0.462 e. The molecule has 2 aromatic rings. The van der Waals surface area contributed by atoms with Crippen LogP contribution < -0.4 is 0 Å². The summed E-state index contributed by atoms with van der Waals surface area (Å²) >= 11 is 0. The molecule has 0 spiro atoms. The summed E-state index contributed by atoms with van der Waals surface area (Å²) in [5.74, 6) is -2.74. The first-order valence-electron chi connectivity index (χ1n) is 10.1. The summed E-state index contributed by atoms with van der Waals surface area (Å²) in [4.78, 5) is 50.1. The van der Waals surface area contributed by atoms with Gasteiger partial charge in [-0.2, -0.15) is 0 Å². The fourth-order valence-corrected chi connectivity index (χ4v) is 2.87. The van der Waals surface area contributed by atoms with Crippen LogP contribution in [0.5, 0.6) is 0 Å². The van der Waals surface area contributed by atoms with Gasteiger partial charge in [-0.1, -0.05) is 18.2 Å². The Bertz CT molecular complexity index is 1040. The zero-order valence-electron chi connectivity index (χ0n) is 18.3. The summed E-state index contributed by atoms with van der Waals surface area (Å²) in [6.45, 7) is 6.37. The molecule has 32 heavy (non-hydrogen) atoms. The highest BCUT2D eigenvalue weighted by molar-refractivity contribution is 6.25. The van der Waals surface area contributed by atoms with Gasteiger partial charge in [-0.05, 0) is 33.8 Å². The van der Waals surface area contributed by atoms with Gasteiger partial charge in [0.1, 0.15) is 5.57 Å². The van der Waals surface area contributed by atoms with E-state index < -0.39 is 35.5 Å². The first-order chi connectivity index (χ1) is 15.4. The van der Waals surface area contributed by atoms with Crippen LogP contribution in [0.15, 0.2) is 36.2 Å². The molecular weight excluding hydrogens is 422 g/mol. The molecular formula is C22H25NO9. The summed E-state index contributed by atoms with van der Waals surface area (Å²) in [6.07, 6.45) is -0.587. The number of ether oxygens (including phenoxy) is 5. The first kappa shape index (κ1) is 24.4. The second kappa shape index (κ2) is 11.5. The number of hydrogen-bond donors (Lipinski definition) is 0. The van der Waals surface area contributed by atoms with E-state index in [2.05, 4.69) is 0 Å². The van der Waals surface area contributed by atoms with E-state index >= 15 is 0 Å². The van der Waals surface area contributed by atoms with Gasteiger partial charge in [0.05, 0.1) is 31.9 Å². The molecule has 0 aliphatic heterocycles. The fraction of sp³-hybridized carbons (Fsp3) is 0.364. The van der Waals surface area contributed by atoms with Crippen molar-refractivity contribution in [3.8, 4) is 0 Å². The third-order valence-corrected chi connectivity index (χ3v) is 4.06. The summed E-state index contributed by atoms with van der Waals surface area (Å²) in [7, 11) is 0. The van der Waals surface area contributed by atoms with Gasteiger partial charge >= 0.3 is 24.2 Å². The quantitative estimate of drug-likeness (QED) is 0.258. The van der Waals surface area contributed by atoms with Gasteiger partial charge < -0.3 is 23.7 Å². The maximum absolute atomic E-state index is 12.9. The molecule has 0 radical (unpaired) electrons. The van der Waals surface area contributed by atoms with Crippen LogP contribution in [0.1, 0.15) is 33.3 Å². The Morgan fingerprint density at radius 2 is 1.38 bits per heavy atom. The zero-order valence-corrected chi connectivity index (χ0v) is 18.3. The Hall–Kier alpha value is -3.82. The van der Waals surface area contributed by atoms with E-state index in [1.165, 1.54) is 10.8 Å². The SMILES string of the molecule is CCOC(=O)O/C(C(=O)OCC)=C(\C(=O)OCC)c1cn(C(=O)OCC)c2ccccc12. The molecule has 0 amide bonds. The molecule has 2 rings (SSSR count). The average molecular weight is 447 g/mol. The highest BCUT2D eigenvalue weighted by atomic mass is 16.7. The summed E-state index contributed by atoms with van der Waals surface area (Å²) in [5.41, 5.74) is 0.124. The maximum Gasteiger partial charge on any atom is 0.514 e. The molecule has 10 nitrogen and oxygen atoms in total. The third-order valence-electron chi connectivity index (χ3n) is 4.06. The van der Waals surface area contributed by atoms with Gasteiger partial charge in [0.25, 0.3) is 0 Å². The fourth-order valence-electron chi connectivity index (χ4n) is 2.87. The number of carbonyl (C=O) groups excluding carboxylic acids is 4. The molecule has 1 aromatic heterocycles. The standard InChI is InChI=1S/C22H25NO9/c1-5-28-19(24)17(18(20(25)29-6-2)32-22(27)31-8-4)15-13-23(21(26)30-7-3)16-12-10-9-11-14(15)16/h9-13H,5-8H2,1-4H3/b18-17-. The highest BCUT2D eigenvalue weighted by Crippen LogP contribution is 2.31. The van der Waals surface area contributed by atoms with Crippen LogP contribution in [-0.2, 0) is 33.3 Å². The lowest BCUT2D eigenvalue weighted by Crippen LogP contribution is -2.21. The van der Waals surface area contributed by atoms with E-state index in [-0.39, 0.29) is 32.0 Å². The lowest BCUT2D eigenvalue weighted by molar-refractivity contribution is -0.143. The smallest absolute Gasteiger partial charge is 0.462 e. The number of aromatic nitrogens is 1. The number of nitrogens with zero attached hydrogens (tertiary/aromatic N) is 1. The molecule has 0 saturated carbocycles. The van der Waals surface area contributed by atoms with Crippen molar-refractivity contribution in [1.29, 1.82) is 0 Å². The zero-order chi connectivity index (χ0) is 23.7. The van der Waals surface area contributed by atoms with E-state index in [0.29, 0.717) is 10.9 Å². The number of para-hydroxylation sites is 1. The van der Waals surface area contributed by atoms with Gasteiger partial charge in [-0.25, -0.2) is 19.2 Å². The molecule has 0 bridgehead atoms. The minimum atomic E-state index is -1.20. The van der Waals surface area contributed by atoms with Crippen molar-refractivity contribution in [2.45, 2.75) is 27.7 Å². The minimum absolute atomic E-state index is 0.0195. The predicted octanol–water partition coefficient (Wildman–Crippen LogP) is 3.66. The van der Waals surface area contributed by atoms with Crippen LogP contribution in [0, 0.1) is 0 Å². The summed E-state index contributed by atoms with van der Waals surface area (Å²) in [5, 5.41) is 0.415. The lowest BCUT2D eigenvalue weighted by atomic mass is 10.0. The molecule has 0 N–H and O–H groups in total. The Balaban J connectivity index is 2.84. The van der Waals surface area contributed by atoms with Crippen LogP contribution in [0.2, 0.25) is 0 Å². The number of rotatable bonds is 8. The van der Waals surface area contributed by atoms with Crippen molar-refractivity contribution in [2.24, 2.45) is 0 Å². The van der Waals surface area contributed by atoms with Gasteiger partial charge in [0.15, 0.2) is 0 Å². The molecule has 1 aromatic carbocycles. The van der Waals surface area contributed by atoms with E-state index in [4.69, 9.17) is 23.7 Å². The Morgan fingerprint density at radius 3 is 2.00 bits per heavy atom. The van der Waals surface area contributed by atoms with Gasteiger partial charge in [-0.3, -0.25) is 4.57 Å². The Morgan fingerprint density at radius 1 is 0.781 bits per heavy atom. The third kappa shape index (κ3) is 5.45.